The Morgan fingerprint density at radius 1 is 1.06 bits per heavy atom. The predicted molar refractivity (Wildman–Crippen MR) is 125 cm³/mol. The number of hydrogen-bond donors (Lipinski definition) is 1. The SMILES string of the molecule is Cc1cc(-c2ccc(OC[C@](C)(CC(C)C)NC(=O)OC(C)(C)C)c(C(F)(F)F)c2)nc(C)n1. The van der Waals surface area contributed by atoms with Crippen LogP contribution < -0.4 is 10.1 Å². The van der Waals surface area contributed by atoms with Gasteiger partial charge in [-0.25, -0.2) is 14.8 Å². The Kier molecular flexibility index (Phi) is 8.22. The molecule has 1 aromatic heterocycles. The molecule has 1 heterocycles. The molecule has 0 spiro atoms. The van der Waals surface area contributed by atoms with E-state index in [-0.39, 0.29) is 18.3 Å². The zero-order valence-electron chi connectivity index (χ0n) is 21.1. The fourth-order valence-electron chi connectivity index (χ4n) is 3.74. The molecule has 0 aliphatic rings. The van der Waals surface area contributed by atoms with Gasteiger partial charge in [0.05, 0.1) is 16.8 Å². The number of aromatic nitrogens is 2. The minimum atomic E-state index is -4.64. The molecule has 188 valence electrons. The Morgan fingerprint density at radius 3 is 2.24 bits per heavy atom. The minimum absolute atomic E-state index is 0.150. The Morgan fingerprint density at radius 2 is 1.71 bits per heavy atom. The first kappa shape index (κ1) is 27.4. The van der Waals surface area contributed by atoms with Crippen LogP contribution in [0.15, 0.2) is 24.3 Å². The Bertz CT molecular complexity index is 996. The van der Waals surface area contributed by atoms with E-state index in [1.54, 1.807) is 47.6 Å². The number of alkyl halides is 3. The van der Waals surface area contributed by atoms with E-state index < -0.39 is 29.0 Å². The second-order valence-corrected chi connectivity index (χ2v) is 10.2. The van der Waals surface area contributed by atoms with Crippen molar-refractivity contribution < 1.29 is 27.4 Å². The standard InChI is InChI=1S/C25H34F3N3O3/c1-15(2)13-24(8,31-22(32)34-23(5,6)7)14-33-21-10-9-18(12-19(21)25(26,27)28)20-11-16(3)29-17(4)30-20/h9-12,15H,13-14H2,1-8H3,(H,31,32)/t24-/m0/s1. The maximum atomic E-state index is 13.9. The van der Waals surface area contributed by atoms with Gasteiger partial charge in [-0.2, -0.15) is 13.2 Å². The molecule has 6 nitrogen and oxygen atoms in total. The average molecular weight is 482 g/mol. The molecule has 34 heavy (non-hydrogen) atoms. The monoisotopic (exact) mass is 481 g/mol. The third kappa shape index (κ3) is 8.18. The molecule has 0 aliphatic carbocycles. The zero-order valence-corrected chi connectivity index (χ0v) is 21.1. The highest BCUT2D eigenvalue weighted by Crippen LogP contribution is 2.39. The number of rotatable bonds is 7. The van der Waals surface area contributed by atoms with Gasteiger partial charge in [0.2, 0.25) is 0 Å². The van der Waals surface area contributed by atoms with Crippen LogP contribution >= 0.6 is 0 Å². The largest absolute Gasteiger partial charge is 0.491 e. The molecular weight excluding hydrogens is 447 g/mol. The maximum absolute atomic E-state index is 13.9. The van der Waals surface area contributed by atoms with Gasteiger partial charge in [-0.1, -0.05) is 13.8 Å². The van der Waals surface area contributed by atoms with E-state index in [4.69, 9.17) is 9.47 Å². The van der Waals surface area contributed by atoms with E-state index in [0.717, 1.165) is 6.07 Å². The molecule has 0 unspecified atom stereocenters. The van der Waals surface area contributed by atoms with Crippen molar-refractivity contribution in [1.82, 2.24) is 15.3 Å². The first-order valence-electron chi connectivity index (χ1n) is 11.2. The lowest BCUT2D eigenvalue weighted by molar-refractivity contribution is -0.139. The third-order valence-corrected chi connectivity index (χ3v) is 4.75. The molecule has 0 radical (unpaired) electrons. The van der Waals surface area contributed by atoms with E-state index in [1.807, 2.05) is 13.8 Å². The van der Waals surface area contributed by atoms with Crippen molar-refractivity contribution in [2.24, 2.45) is 5.92 Å². The van der Waals surface area contributed by atoms with Gasteiger partial charge in [0.25, 0.3) is 0 Å². The van der Waals surface area contributed by atoms with E-state index in [0.29, 0.717) is 29.2 Å². The highest BCUT2D eigenvalue weighted by atomic mass is 19.4. The van der Waals surface area contributed by atoms with Crippen LogP contribution in [-0.4, -0.2) is 33.8 Å². The van der Waals surface area contributed by atoms with Crippen molar-refractivity contribution in [3.63, 3.8) is 0 Å². The van der Waals surface area contributed by atoms with E-state index in [9.17, 15) is 18.0 Å². The molecule has 2 aromatic rings. The number of carbonyl (C=O) groups excluding carboxylic acids is 1. The van der Waals surface area contributed by atoms with Crippen LogP contribution in [-0.2, 0) is 10.9 Å². The molecule has 0 bridgehead atoms. The van der Waals surface area contributed by atoms with Crippen LogP contribution in [0.25, 0.3) is 11.3 Å². The number of benzene rings is 1. The normalized spacial score (nSPS) is 14.0. The van der Waals surface area contributed by atoms with Crippen LogP contribution in [0, 0.1) is 19.8 Å². The summed E-state index contributed by atoms with van der Waals surface area (Å²) in [5.74, 6) is 0.304. The lowest BCUT2D eigenvalue weighted by atomic mass is 9.91. The van der Waals surface area contributed by atoms with E-state index in [1.165, 1.54) is 12.1 Å². The van der Waals surface area contributed by atoms with Crippen LogP contribution in [0.5, 0.6) is 5.75 Å². The molecule has 9 heteroatoms. The topological polar surface area (TPSA) is 73.3 Å². The van der Waals surface area contributed by atoms with Gasteiger partial charge in [0.15, 0.2) is 0 Å². The fourth-order valence-corrected chi connectivity index (χ4v) is 3.74. The number of nitrogens with zero attached hydrogens (tertiary/aromatic N) is 2. The highest BCUT2D eigenvalue weighted by Gasteiger charge is 2.36. The molecule has 0 saturated heterocycles. The first-order valence-corrected chi connectivity index (χ1v) is 11.2. The van der Waals surface area contributed by atoms with Crippen molar-refractivity contribution in [3.8, 4) is 17.0 Å². The number of amides is 1. The maximum Gasteiger partial charge on any atom is 0.419 e. The minimum Gasteiger partial charge on any atom is -0.491 e. The molecule has 1 N–H and O–H groups in total. The summed E-state index contributed by atoms with van der Waals surface area (Å²) in [5.41, 5.74) is -1.19. The van der Waals surface area contributed by atoms with Crippen molar-refractivity contribution in [2.75, 3.05) is 6.61 Å². The van der Waals surface area contributed by atoms with Gasteiger partial charge in [-0.15, -0.1) is 0 Å². The molecule has 2 rings (SSSR count). The first-order chi connectivity index (χ1) is 15.5. The molecule has 0 aliphatic heterocycles. The van der Waals surface area contributed by atoms with E-state index >= 15 is 0 Å². The number of halogens is 3. The second-order valence-electron chi connectivity index (χ2n) is 10.2. The summed E-state index contributed by atoms with van der Waals surface area (Å²) in [4.78, 5) is 20.8. The summed E-state index contributed by atoms with van der Waals surface area (Å²) in [6.45, 7) is 14.1. The van der Waals surface area contributed by atoms with Gasteiger partial charge in [0, 0.05) is 11.3 Å². The number of aryl methyl sites for hydroxylation is 2. The second kappa shape index (κ2) is 10.2. The quantitative estimate of drug-likeness (QED) is 0.489. The predicted octanol–water partition coefficient (Wildman–Crippen LogP) is 6.49. The number of ether oxygens (including phenoxy) is 2. The van der Waals surface area contributed by atoms with Crippen molar-refractivity contribution >= 4 is 6.09 Å². The zero-order chi connectivity index (χ0) is 25.9. The number of carbonyl (C=O) groups is 1. The van der Waals surface area contributed by atoms with Gasteiger partial charge >= 0.3 is 12.3 Å². The van der Waals surface area contributed by atoms with Crippen LogP contribution in [0.1, 0.15) is 65.0 Å². The summed E-state index contributed by atoms with van der Waals surface area (Å²) in [6, 6.07) is 5.48. The molecule has 1 aromatic carbocycles. The number of hydrogen-bond acceptors (Lipinski definition) is 5. The van der Waals surface area contributed by atoms with Crippen molar-refractivity contribution in [2.45, 2.75) is 79.1 Å². The highest BCUT2D eigenvalue weighted by molar-refractivity contribution is 5.68. The third-order valence-electron chi connectivity index (χ3n) is 4.75. The lowest BCUT2D eigenvalue weighted by Crippen LogP contribution is -2.52. The molecule has 1 amide bonds. The Labute approximate surface area is 199 Å². The Hall–Kier alpha value is -2.84. The number of alkyl carbamates (subject to hydrolysis) is 1. The molecular formula is C25H34F3N3O3. The smallest absolute Gasteiger partial charge is 0.419 e. The van der Waals surface area contributed by atoms with E-state index in [2.05, 4.69) is 15.3 Å². The van der Waals surface area contributed by atoms with Crippen LogP contribution in [0.4, 0.5) is 18.0 Å². The van der Waals surface area contributed by atoms with Crippen molar-refractivity contribution in [3.05, 3.63) is 41.3 Å². The fraction of sp³-hybridized carbons (Fsp3) is 0.560. The summed E-state index contributed by atoms with van der Waals surface area (Å²) in [5, 5.41) is 2.78. The summed E-state index contributed by atoms with van der Waals surface area (Å²) in [6.07, 6.45) is -4.82. The van der Waals surface area contributed by atoms with Crippen LogP contribution in [0.3, 0.4) is 0 Å². The summed E-state index contributed by atoms with van der Waals surface area (Å²) >= 11 is 0. The van der Waals surface area contributed by atoms with Gasteiger partial charge in [-0.3, -0.25) is 0 Å². The number of nitrogens with one attached hydrogen (secondary N) is 1. The summed E-state index contributed by atoms with van der Waals surface area (Å²) < 4.78 is 52.8. The molecule has 0 saturated carbocycles. The Balaban J connectivity index is 2.34. The van der Waals surface area contributed by atoms with Crippen LogP contribution in [0.2, 0.25) is 0 Å². The van der Waals surface area contributed by atoms with Gasteiger partial charge in [0.1, 0.15) is 23.8 Å². The molecule has 1 atom stereocenters. The van der Waals surface area contributed by atoms with Gasteiger partial charge < -0.3 is 14.8 Å². The molecule has 0 fully saturated rings. The average Bonchev–Trinajstić information content (AvgIpc) is 2.62. The van der Waals surface area contributed by atoms with Gasteiger partial charge in [-0.05, 0) is 78.1 Å². The van der Waals surface area contributed by atoms with Crippen molar-refractivity contribution in [1.29, 1.82) is 0 Å². The summed E-state index contributed by atoms with van der Waals surface area (Å²) in [7, 11) is 0. The lowest BCUT2D eigenvalue weighted by Gasteiger charge is -2.33.